The Morgan fingerprint density at radius 3 is 2.89 bits per heavy atom. The van der Waals surface area contributed by atoms with Crippen molar-refractivity contribution >= 4 is 10.0 Å². The molecule has 1 aromatic rings. The number of hydrogen-bond acceptors (Lipinski definition) is 5. The molecule has 0 unspecified atom stereocenters. The molecular weight excluding hydrogens is 268 g/mol. The van der Waals surface area contributed by atoms with Crippen molar-refractivity contribution in [1.29, 1.82) is 0 Å². The minimum atomic E-state index is -3.62. The molecule has 0 bridgehead atoms. The van der Waals surface area contributed by atoms with E-state index in [-0.39, 0.29) is 17.2 Å². The summed E-state index contributed by atoms with van der Waals surface area (Å²) in [4.78, 5) is 2.27. The summed E-state index contributed by atoms with van der Waals surface area (Å²) in [6.45, 7) is 3.71. The molecule has 1 aliphatic rings. The summed E-state index contributed by atoms with van der Waals surface area (Å²) < 4.78 is 26.6. The maximum Gasteiger partial charge on any atom is 0.257 e. The Balaban J connectivity index is 1.90. The number of H-pyrrole nitrogens is 1. The molecule has 0 saturated heterocycles. The largest absolute Gasteiger partial charge is 0.392 e. The molecule has 0 atom stereocenters. The van der Waals surface area contributed by atoms with E-state index in [1.54, 1.807) is 0 Å². The monoisotopic (exact) mass is 288 g/mol. The van der Waals surface area contributed by atoms with Crippen molar-refractivity contribution in [2.45, 2.75) is 37.4 Å². The van der Waals surface area contributed by atoms with Gasteiger partial charge in [-0.25, -0.2) is 13.1 Å². The van der Waals surface area contributed by atoms with E-state index in [1.165, 1.54) is 19.0 Å². The Morgan fingerprint density at radius 2 is 2.32 bits per heavy atom. The highest BCUT2D eigenvalue weighted by Crippen LogP contribution is 2.25. The van der Waals surface area contributed by atoms with Gasteiger partial charge in [-0.1, -0.05) is 6.92 Å². The summed E-state index contributed by atoms with van der Waals surface area (Å²) in [5, 5.41) is 15.0. The van der Waals surface area contributed by atoms with Gasteiger partial charge in [-0.05, 0) is 19.4 Å². The Hall–Kier alpha value is -0.960. The summed E-state index contributed by atoms with van der Waals surface area (Å²) in [7, 11) is -3.62. The fourth-order valence-corrected chi connectivity index (χ4v) is 3.22. The summed E-state index contributed by atoms with van der Waals surface area (Å²) in [5.74, 6) is 0. The molecule has 1 fully saturated rings. The second-order valence-electron chi connectivity index (χ2n) is 4.64. The molecule has 2 rings (SSSR count). The van der Waals surface area contributed by atoms with Crippen LogP contribution in [0, 0.1) is 0 Å². The van der Waals surface area contributed by atoms with Gasteiger partial charge in [-0.15, -0.1) is 0 Å². The van der Waals surface area contributed by atoms with Crippen LogP contribution >= 0.6 is 0 Å². The van der Waals surface area contributed by atoms with Crippen LogP contribution < -0.4 is 4.72 Å². The standard InChI is InChI=1S/C11H20N4O3S/c1-2-15(10-3-4-10)6-5-13-19(17,18)11-9(8-16)7-12-14-11/h7,10,13,16H,2-6,8H2,1H3,(H,12,14). The van der Waals surface area contributed by atoms with Gasteiger partial charge >= 0.3 is 0 Å². The van der Waals surface area contributed by atoms with Gasteiger partial charge in [0.25, 0.3) is 10.0 Å². The Labute approximate surface area is 113 Å². The number of aliphatic hydroxyl groups is 1. The Bertz CT molecular complexity index is 510. The van der Waals surface area contributed by atoms with Crippen LogP contribution in [0.5, 0.6) is 0 Å². The number of sulfonamides is 1. The van der Waals surface area contributed by atoms with Crippen molar-refractivity contribution in [3.8, 4) is 0 Å². The average molecular weight is 288 g/mol. The third-order valence-corrected chi connectivity index (χ3v) is 4.75. The molecule has 7 nitrogen and oxygen atoms in total. The normalized spacial score (nSPS) is 16.2. The van der Waals surface area contributed by atoms with Crippen LogP contribution in [-0.4, -0.2) is 54.3 Å². The van der Waals surface area contributed by atoms with E-state index >= 15 is 0 Å². The average Bonchev–Trinajstić information content (AvgIpc) is 3.10. The first kappa shape index (κ1) is 14.4. The van der Waals surface area contributed by atoms with E-state index < -0.39 is 10.0 Å². The number of aromatic nitrogens is 2. The molecule has 0 amide bonds. The van der Waals surface area contributed by atoms with E-state index in [0.717, 1.165) is 6.54 Å². The van der Waals surface area contributed by atoms with E-state index in [9.17, 15) is 8.42 Å². The van der Waals surface area contributed by atoms with E-state index in [2.05, 4.69) is 26.7 Å². The molecular formula is C11H20N4O3S. The van der Waals surface area contributed by atoms with Gasteiger partial charge in [0.05, 0.1) is 12.8 Å². The van der Waals surface area contributed by atoms with Gasteiger partial charge in [0.15, 0.2) is 5.03 Å². The molecule has 0 radical (unpaired) electrons. The van der Waals surface area contributed by atoms with Crippen LogP contribution in [0.25, 0.3) is 0 Å². The first-order chi connectivity index (χ1) is 9.08. The van der Waals surface area contributed by atoms with Crippen LogP contribution in [0.1, 0.15) is 25.3 Å². The topological polar surface area (TPSA) is 98.3 Å². The van der Waals surface area contributed by atoms with Gasteiger partial charge < -0.3 is 5.11 Å². The molecule has 1 saturated carbocycles. The van der Waals surface area contributed by atoms with Crippen molar-refractivity contribution < 1.29 is 13.5 Å². The molecule has 108 valence electrons. The molecule has 1 heterocycles. The number of hydrogen-bond donors (Lipinski definition) is 3. The van der Waals surface area contributed by atoms with Gasteiger partial charge in [0, 0.05) is 24.7 Å². The highest BCUT2D eigenvalue weighted by molar-refractivity contribution is 7.89. The van der Waals surface area contributed by atoms with Crippen molar-refractivity contribution in [3.05, 3.63) is 11.8 Å². The minimum absolute atomic E-state index is 0.0514. The second-order valence-corrected chi connectivity index (χ2v) is 6.34. The maximum absolute atomic E-state index is 12.0. The molecule has 19 heavy (non-hydrogen) atoms. The Morgan fingerprint density at radius 1 is 1.58 bits per heavy atom. The number of nitrogens with one attached hydrogen (secondary N) is 2. The smallest absolute Gasteiger partial charge is 0.257 e. The summed E-state index contributed by atoms with van der Waals surface area (Å²) >= 11 is 0. The van der Waals surface area contributed by atoms with Gasteiger partial charge in [-0.3, -0.25) is 10.00 Å². The van der Waals surface area contributed by atoms with Crippen LogP contribution in [0.2, 0.25) is 0 Å². The number of aliphatic hydroxyl groups excluding tert-OH is 1. The molecule has 8 heteroatoms. The van der Waals surface area contributed by atoms with E-state index in [1.807, 2.05) is 0 Å². The predicted molar refractivity (Wildman–Crippen MR) is 70.0 cm³/mol. The lowest BCUT2D eigenvalue weighted by atomic mass is 10.4. The van der Waals surface area contributed by atoms with Crippen molar-refractivity contribution in [2.24, 2.45) is 0 Å². The summed E-state index contributed by atoms with van der Waals surface area (Å²) in [5.41, 5.74) is 0.280. The van der Waals surface area contributed by atoms with E-state index in [0.29, 0.717) is 19.1 Å². The van der Waals surface area contributed by atoms with Gasteiger partial charge in [-0.2, -0.15) is 5.10 Å². The van der Waals surface area contributed by atoms with Crippen molar-refractivity contribution in [2.75, 3.05) is 19.6 Å². The second kappa shape index (κ2) is 6.00. The first-order valence-corrected chi connectivity index (χ1v) is 7.93. The zero-order valence-corrected chi connectivity index (χ0v) is 11.8. The van der Waals surface area contributed by atoms with Crippen molar-refractivity contribution in [1.82, 2.24) is 19.8 Å². The first-order valence-electron chi connectivity index (χ1n) is 6.45. The number of aromatic amines is 1. The predicted octanol–water partition coefficient (Wildman–Crippen LogP) is -0.335. The quantitative estimate of drug-likeness (QED) is 0.608. The minimum Gasteiger partial charge on any atom is -0.392 e. The lowest BCUT2D eigenvalue weighted by molar-refractivity contribution is 0.278. The highest BCUT2D eigenvalue weighted by atomic mass is 32.2. The molecule has 0 spiro atoms. The lowest BCUT2D eigenvalue weighted by Gasteiger charge is -2.19. The zero-order valence-electron chi connectivity index (χ0n) is 11.0. The van der Waals surface area contributed by atoms with Crippen LogP contribution in [0.15, 0.2) is 11.2 Å². The lowest BCUT2D eigenvalue weighted by Crippen LogP contribution is -2.36. The third kappa shape index (κ3) is 3.53. The molecule has 1 aliphatic carbocycles. The zero-order chi connectivity index (χ0) is 13.9. The number of nitrogens with zero attached hydrogens (tertiary/aromatic N) is 2. The Kier molecular flexibility index (Phi) is 4.56. The maximum atomic E-state index is 12.0. The van der Waals surface area contributed by atoms with Crippen LogP contribution in [-0.2, 0) is 16.6 Å². The van der Waals surface area contributed by atoms with Crippen LogP contribution in [0.3, 0.4) is 0 Å². The fourth-order valence-electron chi connectivity index (χ4n) is 2.08. The number of likely N-dealkylation sites (N-methyl/N-ethyl adjacent to an activating group) is 1. The fraction of sp³-hybridized carbons (Fsp3) is 0.727. The van der Waals surface area contributed by atoms with Crippen LogP contribution in [0.4, 0.5) is 0 Å². The third-order valence-electron chi connectivity index (χ3n) is 3.28. The molecule has 1 aromatic heterocycles. The van der Waals surface area contributed by atoms with E-state index in [4.69, 9.17) is 5.11 Å². The summed E-state index contributed by atoms with van der Waals surface area (Å²) in [6, 6.07) is 0.620. The molecule has 3 N–H and O–H groups in total. The van der Waals surface area contributed by atoms with Gasteiger partial charge in [0.1, 0.15) is 0 Å². The molecule has 0 aliphatic heterocycles. The van der Waals surface area contributed by atoms with Gasteiger partial charge in [0.2, 0.25) is 0 Å². The van der Waals surface area contributed by atoms with Crippen molar-refractivity contribution in [3.63, 3.8) is 0 Å². The molecule has 0 aromatic carbocycles. The highest BCUT2D eigenvalue weighted by Gasteiger charge is 2.28. The SMILES string of the molecule is CCN(CCNS(=O)(=O)c1[nH]ncc1CO)C1CC1. The number of rotatable bonds is 8. The summed E-state index contributed by atoms with van der Waals surface area (Å²) in [6.07, 6.45) is 3.72.